The van der Waals surface area contributed by atoms with Gasteiger partial charge in [-0.15, -0.1) is 0 Å². The molecule has 2 aromatic rings. The van der Waals surface area contributed by atoms with Gasteiger partial charge in [-0.1, -0.05) is 30.3 Å². The van der Waals surface area contributed by atoms with Crippen molar-refractivity contribution in [1.82, 2.24) is 9.21 Å². The van der Waals surface area contributed by atoms with E-state index in [4.69, 9.17) is 0 Å². The van der Waals surface area contributed by atoms with Crippen molar-refractivity contribution in [3.63, 3.8) is 0 Å². The average Bonchev–Trinajstić information content (AvgIpc) is 2.68. The minimum absolute atomic E-state index is 0.0266. The number of anilines is 1. The molecule has 0 aliphatic carbocycles. The Bertz CT molecular complexity index is 960. The Hall–Kier alpha value is -2.22. The van der Waals surface area contributed by atoms with Crippen LogP contribution in [0.5, 0.6) is 0 Å². The van der Waals surface area contributed by atoms with Crippen LogP contribution in [0.25, 0.3) is 0 Å². The highest BCUT2D eigenvalue weighted by atomic mass is 32.2. The maximum absolute atomic E-state index is 13.4. The number of sulfonamides is 1. The highest BCUT2D eigenvalue weighted by Crippen LogP contribution is 2.33. The van der Waals surface area contributed by atoms with Gasteiger partial charge in [-0.3, -0.25) is 4.79 Å². The molecule has 1 amide bonds. The molecular formula is C20H23N3O3S. The summed E-state index contributed by atoms with van der Waals surface area (Å²) >= 11 is 0. The fraction of sp³-hybridized carbons (Fsp3) is 0.350. The van der Waals surface area contributed by atoms with Crippen LogP contribution in [-0.2, 0) is 21.2 Å². The van der Waals surface area contributed by atoms with Gasteiger partial charge in [-0.25, -0.2) is 8.42 Å². The zero-order chi connectivity index (χ0) is 19.0. The van der Waals surface area contributed by atoms with Gasteiger partial charge in [-0.05, 0) is 42.8 Å². The van der Waals surface area contributed by atoms with Crippen LogP contribution in [0, 0.1) is 0 Å². The molecule has 0 saturated carbocycles. The third kappa shape index (κ3) is 3.50. The molecule has 2 aromatic carbocycles. The van der Waals surface area contributed by atoms with Crippen LogP contribution in [0.1, 0.15) is 23.6 Å². The number of rotatable bonds is 3. The maximum Gasteiger partial charge on any atom is 0.243 e. The molecule has 27 heavy (non-hydrogen) atoms. The van der Waals surface area contributed by atoms with E-state index in [1.165, 1.54) is 0 Å². The topological polar surface area (TPSA) is 69.7 Å². The number of fused-ring (bicyclic) bond motifs is 1. The quantitative estimate of drug-likeness (QED) is 0.880. The molecule has 142 valence electrons. The molecule has 6 nitrogen and oxygen atoms in total. The molecule has 0 spiro atoms. The van der Waals surface area contributed by atoms with E-state index in [0.717, 1.165) is 11.1 Å². The lowest BCUT2D eigenvalue weighted by Crippen LogP contribution is -2.49. The molecule has 1 N–H and O–H groups in total. The van der Waals surface area contributed by atoms with Gasteiger partial charge in [0.15, 0.2) is 0 Å². The van der Waals surface area contributed by atoms with Crippen LogP contribution in [0.2, 0.25) is 0 Å². The van der Waals surface area contributed by atoms with Crippen molar-refractivity contribution in [1.29, 1.82) is 0 Å². The Balaban J connectivity index is 1.70. The molecule has 1 atom stereocenters. The summed E-state index contributed by atoms with van der Waals surface area (Å²) in [5, 5.41) is 2.80. The SMILES string of the molecule is CN1CCN(S(=O)(=O)c2ccc3c(c2)CCC(=O)N3)C(c2ccccc2)C1. The standard InChI is InChI=1S/C20H23N3O3S/c1-22-11-12-23(19(14-22)15-5-3-2-4-6-15)27(25,26)17-8-9-18-16(13-17)7-10-20(24)21-18/h2-6,8-9,13,19H,7,10-12,14H2,1H3,(H,21,24). The summed E-state index contributed by atoms with van der Waals surface area (Å²) in [6.45, 7) is 1.81. The normalized spacial score (nSPS) is 21.5. The first-order valence-corrected chi connectivity index (χ1v) is 10.6. The van der Waals surface area contributed by atoms with Crippen molar-refractivity contribution in [3.05, 3.63) is 59.7 Å². The Morgan fingerprint density at radius 1 is 1.04 bits per heavy atom. The van der Waals surface area contributed by atoms with Crippen LogP contribution < -0.4 is 5.32 Å². The lowest BCUT2D eigenvalue weighted by atomic mass is 10.0. The highest BCUT2D eigenvalue weighted by molar-refractivity contribution is 7.89. The third-order valence-corrected chi connectivity index (χ3v) is 7.20. The molecule has 1 unspecified atom stereocenters. The fourth-order valence-corrected chi connectivity index (χ4v) is 5.44. The predicted octanol–water partition coefficient (Wildman–Crippen LogP) is 2.25. The van der Waals surface area contributed by atoms with E-state index >= 15 is 0 Å². The van der Waals surface area contributed by atoms with Crippen LogP contribution in [0.15, 0.2) is 53.4 Å². The minimum Gasteiger partial charge on any atom is -0.326 e. The second kappa shape index (κ2) is 7.07. The largest absolute Gasteiger partial charge is 0.326 e. The lowest BCUT2D eigenvalue weighted by Gasteiger charge is -2.39. The van der Waals surface area contributed by atoms with Crippen molar-refractivity contribution in [2.24, 2.45) is 0 Å². The van der Waals surface area contributed by atoms with Gasteiger partial charge >= 0.3 is 0 Å². The average molecular weight is 385 g/mol. The predicted molar refractivity (Wildman–Crippen MR) is 104 cm³/mol. The molecule has 0 aromatic heterocycles. The molecule has 1 saturated heterocycles. The monoisotopic (exact) mass is 385 g/mol. The second-order valence-electron chi connectivity index (χ2n) is 7.17. The van der Waals surface area contributed by atoms with E-state index in [2.05, 4.69) is 10.2 Å². The molecule has 2 aliphatic heterocycles. The number of hydrogen-bond acceptors (Lipinski definition) is 4. The first-order valence-electron chi connectivity index (χ1n) is 9.13. The summed E-state index contributed by atoms with van der Waals surface area (Å²) in [4.78, 5) is 14.0. The summed E-state index contributed by atoms with van der Waals surface area (Å²) in [5.74, 6) is -0.0266. The minimum atomic E-state index is -3.64. The molecule has 2 aliphatic rings. The number of carbonyl (C=O) groups is 1. The highest BCUT2D eigenvalue weighted by Gasteiger charge is 2.36. The van der Waals surface area contributed by atoms with E-state index in [-0.39, 0.29) is 11.9 Å². The number of piperazine rings is 1. The van der Waals surface area contributed by atoms with Crippen LogP contribution in [-0.4, -0.2) is 50.2 Å². The summed E-state index contributed by atoms with van der Waals surface area (Å²) in [6, 6.07) is 14.6. The van der Waals surface area contributed by atoms with E-state index < -0.39 is 10.0 Å². The first kappa shape index (κ1) is 18.2. The van der Waals surface area contributed by atoms with E-state index in [1.807, 2.05) is 37.4 Å². The Morgan fingerprint density at radius 3 is 2.59 bits per heavy atom. The van der Waals surface area contributed by atoms with Gasteiger partial charge in [0.1, 0.15) is 0 Å². The zero-order valence-corrected chi connectivity index (χ0v) is 16.1. The maximum atomic E-state index is 13.4. The van der Waals surface area contributed by atoms with Gasteiger partial charge < -0.3 is 10.2 Å². The zero-order valence-electron chi connectivity index (χ0n) is 15.3. The second-order valence-corrected chi connectivity index (χ2v) is 9.06. The van der Waals surface area contributed by atoms with Crippen LogP contribution in [0.4, 0.5) is 5.69 Å². The third-order valence-electron chi connectivity index (χ3n) is 5.30. The summed E-state index contributed by atoms with van der Waals surface area (Å²) in [5.41, 5.74) is 2.59. The fourth-order valence-electron chi connectivity index (χ4n) is 3.79. The Labute approximate surface area is 159 Å². The van der Waals surface area contributed by atoms with Crippen molar-refractivity contribution in [2.75, 3.05) is 32.0 Å². The molecule has 0 bridgehead atoms. The number of nitrogens with zero attached hydrogens (tertiary/aromatic N) is 2. The van der Waals surface area contributed by atoms with Crippen molar-refractivity contribution in [2.45, 2.75) is 23.8 Å². The number of benzene rings is 2. The summed E-state index contributed by atoms with van der Waals surface area (Å²) < 4.78 is 28.5. The lowest BCUT2D eigenvalue weighted by molar-refractivity contribution is -0.116. The smallest absolute Gasteiger partial charge is 0.243 e. The molecule has 1 fully saturated rings. The number of hydrogen-bond donors (Lipinski definition) is 1. The van der Waals surface area contributed by atoms with Crippen LogP contribution >= 0.6 is 0 Å². The Morgan fingerprint density at radius 2 is 1.81 bits per heavy atom. The van der Waals surface area contributed by atoms with Gasteiger partial charge in [0.25, 0.3) is 0 Å². The summed E-state index contributed by atoms with van der Waals surface area (Å²) in [7, 11) is -1.62. The number of carbonyl (C=O) groups excluding carboxylic acids is 1. The van der Waals surface area contributed by atoms with Gasteiger partial charge in [0.05, 0.1) is 10.9 Å². The van der Waals surface area contributed by atoms with E-state index in [9.17, 15) is 13.2 Å². The van der Waals surface area contributed by atoms with Crippen molar-refractivity contribution in [3.8, 4) is 0 Å². The van der Waals surface area contributed by atoms with Crippen molar-refractivity contribution >= 4 is 21.6 Å². The Kier molecular flexibility index (Phi) is 4.75. The van der Waals surface area contributed by atoms with Gasteiger partial charge in [0, 0.05) is 31.7 Å². The molecule has 4 rings (SSSR count). The molecule has 2 heterocycles. The number of aryl methyl sites for hydroxylation is 1. The van der Waals surface area contributed by atoms with Crippen molar-refractivity contribution < 1.29 is 13.2 Å². The van der Waals surface area contributed by atoms with Gasteiger partial charge in [0.2, 0.25) is 15.9 Å². The van der Waals surface area contributed by atoms with Gasteiger partial charge in [-0.2, -0.15) is 4.31 Å². The summed E-state index contributed by atoms with van der Waals surface area (Å²) in [6.07, 6.45) is 0.951. The number of likely N-dealkylation sites (N-methyl/N-ethyl adjacent to an activating group) is 1. The molecule has 7 heteroatoms. The number of nitrogens with one attached hydrogen (secondary N) is 1. The molecular weight excluding hydrogens is 362 g/mol. The molecule has 0 radical (unpaired) electrons. The number of amides is 1. The first-order chi connectivity index (χ1) is 12.9. The van der Waals surface area contributed by atoms with Crippen LogP contribution in [0.3, 0.4) is 0 Å². The van der Waals surface area contributed by atoms with E-state index in [0.29, 0.717) is 43.1 Å². The van der Waals surface area contributed by atoms with E-state index in [1.54, 1.807) is 22.5 Å².